The summed E-state index contributed by atoms with van der Waals surface area (Å²) in [4.78, 5) is 0. The van der Waals surface area contributed by atoms with E-state index in [1.54, 1.807) is 0 Å². The van der Waals surface area contributed by atoms with Crippen LogP contribution >= 0.6 is 0 Å². The van der Waals surface area contributed by atoms with Gasteiger partial charge in [-0.2, -0.15) is 4.57 Å². The van der Waals surface area contributed by atoms with Crippen molar-refractivity contribution >= 4 is 5.70 Å². The monoisotopic (exact) mass is 306 g/mol. The molecule has 2 heterocycles. The molecule has 0 atom stereocenters. The molecule has 0 spiro atoms. The van der Waals surface area contributed by atoms with E-state index < -0.39 is 0 Å². The molecule has 1 aromatic heterocycles. The van der Waals surface area contributed by atoms with Crippen LogP contribution in [0.5, 0.6) is 0 Å². The summed E-state index contributed by atoms with van der Waals surface area (Å²) < 4.78 is 2.32. The molecule has 120 valence electrons. The third-order valence-electron chi connectivity index (χ3n) is 5.61. The molecule has 0 N–H and O–H groups in total. The highest BCUT2D eigenvalue weighted by molar-refractivity contribution is 5.73. The summed E-state index contributed by atoms with van der Waals surface area (Å²) in [6.07, 6.45) is 8.05. The van der Waals surface area contributed by atoms with E-state index in [2.05, 4.69) is 74.5 Å². The first kappa shape index (κ1) is 16.0. The lowest BCUT2D eigenvalue weighted by Crippen LogP contribution is -2.48. The first-order chi connectivity index (χ1) is 11.2. The number of hydrogen-bond acceptors (Lipinski definition) is 0. The van der Waals surface area contributed by atoms with E-state index >= 15 is 0 Å². The van der Waals surface area contributed by atoms with Gasteiger partial charge < -0.3 is 0 Å². The van der Waals surface area contributed by atoms with Crippen molar-refractivity contribution in [1.82, 2.24) is 0 Å². The van der Waals surface area contributed by atoms with Crippen LogP contribution in [0.2, 0.25) is 0 Å². The lowest BCUT2D eigenvalue weighted by atomic mass is 9.69. The van der Waals surface area contributed by atoms with Gasteiger partial charge in [-0.15, -0.1) is 0 Å². The predicted molar refractivity (Wildman–Crippen MR) is 98.3 cm³/mol. The van der Waals surface area contributed by atoms with Crippen LogP contribution < -0.4 is 4.57 Å². The first-order valence-corrected chi connectivity index (χ1v) is 9.02. The van der Waals surface area contributed by atoms with Crippen LogP contribution in [0.3, 0.4) is 0 Å². The number of aromatic nitrogens is 1. The number of fused-ring (bicyclic) bond motifs is 3. The normalized spacial score (nSPS) is 15.2. The molecule has 0 aliphatic carbocycles. The molecule has 0 amide bonds. The fourth-order valence-electron chi connectivity index (χ4n) is 4.07. The van der Waals surface area contributed by atoms with Crippen molar-refractivity contribution in [3.05, 3.63) is 60.3 Å². The number of rotatable bonds is 5. The summed E-state index contributed by atoms with van der Waals surface area (Å²) in [6.45, 7) is 11.3. The van der Waals surface area contributed by atoms with Crippen LogP contribution in [0.15, 0.2) is 49.2 Å². The number of allylic oxidation sites excluding steroid dienone is 1. The van der Waals surface area contributed by atoms with Crippen molar-refractivity contribution in [3.63, 3.8) is 0 Å². The summed E-state index contributed by atoms with van der Waals surface area (Å²) in [5.41, 5.74) is 6.83. The highest BCUT2D eigenvalue weighted by Crippen LogP contribution is 2.46. The van der Waals surface area contributed by atoms with Crippen molar-refractivity contribution in [3.8, 4) is 11.3 Å². The average Bonchev–Trinajstić information content (AvgIpc) is 2.61. The van der Waals surface area contributed by atoms with Gasteiger partial charge in [-0.05, 0) is 49.5 Å². The fourth-order valence-corrected chi connectivity index (χ4v) is 4.07. The van der Waals surface area contributed by atoms with Gasteiger partial charge in [0, 0.05) is 12.1 Å². The van der Waals surface area contributed by atoms with Gasteiger partial charge in [-0.3, -0.25) is 0 Å². The minimum absolute atomic E-state index is 0.0548. The Balaban J connectivity index is 2.20. The molecule has 0 unspecified atom stereocenters. The number of nitrogens with zero attached hydrogens (tertiary/aromatic N) is 1. The topological polar surface area (TPSA) is 3.88 Å². The van der Waals surface area contributed by atoms with Gasteiger partial charge in [-0.1, -0.05) is 45.4 Å². The number of hydrogen-bond donors (Lipinski definition) is 0. The van der Waals surface area contributed by atoms with Crippen molar-refractivity contribution in [2.45, 2.75) is 58.3 Å². The van der Waals surface area contributed by atoms with Crippen LogP contribution in [0.1, 0.15) is 57.6 Å². The Morgan fingerprint density at radius 3 is 2.48 bits per heavy atom. The number of unbranched alkanes of at least 4 members (excludes halogenated alkanes) is 1. The van der Waals surface area contributed by atoms with Crippen LogP contribution in [0.4, 0.5) is 0 Å². The number of pyridine rings is 1. The number of benzene rings is 1. The van der Waals surface area contributed by atoms with E-state index in [9.17, 15) is 0 Å². The quantitative estimate of drug-likeness (QED) is 0.640. The van der Waals surface area contributed by atoms with Gasteiger partial charge in [0.1, 0.15) is 0 Å². The molecular formula is C22H28N+. The second kappa shape index (κ2) is 6.31. The van der Waals surface area contributed by atoms with E-state index in [4.69, 9.17) is 0 Å². The van der Waals surface area contributed by atoms with E-state index in [1.807, 2.05) is 0 Å². The molecule has 1 heteroatoms. The molecule has 0 saturated heterocycles. The van der Waals surface area contributed by atoms with Gasteiger partial charge in [-0.25, -0.2) is 0 Å². The lowest BCUT2D eigenvalue weighted by molar-refractivity contribution is -0.577. The second-order valence-corrected chi connectivity index (χ2v) is 6.68. The fraction of sp³-hybridized carbons (Fsp3) is 0.409. The Bertz CT molecular complexity index is 723. The zero-order chi connectivity index (χ0) is 16.4. The van der Waals surface area contributed by atoms with Crippen molar-refractivity contribution in [1.29, 1.82) is 0 Å². The molecule has 1 aliphatic heterocycles. The summed E-state index contributed by atoms with van der Waals surface area (Å²) in [5.74, 6) is 0. The zero-order valence-electron chi connectivity index (χ0n) is 14.7. The summed E-state index contributed by atoms with van der Waals surface area (Å²) in [6, 6.07) is 13.5. The van der Waals surface area contributed by atoms with Gasteiger partial charge in [0.2, 0.25) is 5.69 Å². The maximum atomic E-state index is 4.50. The molecule has 0 radical (unpaired) electrons. The third kappa shape index (κ3) is 2.43. The van der Waals surface area contributed by atoms with Crippen molar-refractivity contribution < 1.29 is 4.57 Å². The van der Waals surface area contributed by atoms with E-state index in [1.165, 1.54) is 40.9 Å². The van der Waals surface area contributed by atoms with Crippen LogP contribution in [0.25, 0.3) is 17.0 Å². The van der Waals surface area contributed by atoms with Crippen LogP contribution in [0, 0.1) is 0 Å². The third-order valence-corrected chi connectivity index (χ3v) is 5.61. The Kier molecular flexibility index (Phi) is 4.39. The molecule has 3 rings (SSSR count). The highest BCUT2D eigenvalue weighted by Gasteiger charge is 2.45. The molecule has 1 aromatic carbocycles. The van der Waals surface area contributed by atoms with Gasteiger partial charge in [0.15, 0.2) is 11.9 Å². The zero-order valence-corrected chi connectivity index (χ0v) is 14.7. The summed E-state index contributed by atoms with van der Waals surface area (Å²) in [7, 11) is 0. The van der Waals surface area contributed by atoms with Crippen LogP contribution in [-0.4, -0.2) is 0 Å². The van der Waals surface area contributed by atoms with Crippen LogP contribution in [-0.2, 0) is 11.8 Å². The molecule has 2 aromatic rings. The largest absolute Gasteiger partial charge is 0.218 e. The summed E-state index contributed by atoms with van der Waals surface area (Å²) >= 11 is 0. The van der Waals surface area contributed by atoms with Gasteiger partial charge in [0.25, 0.3) is 0 Å². The molecule has 0 bridgehead atoms. The molecule has 23 heavy (non-hydrogen) atoms. The van der Waals surface area contributed by atoms with Crippen molar-refractivity contribution in [2.75, 3.05) is 0 Å². The predicted octanol–water partition coefficient (Wildman–Crippen LogP) is 5.53. The smallest absolute Gasteiger partial charge is 0.164 e. The lowest BCUT2D eigenvalue weighted by Gasteiger charge is -2.35. The first-order valence-electron chi connectivity index (χ1n) is 9.02. The molecule has 0 fully saturated rings. The van der Waals surface area contributed by atoms with E-state index in [-0.39, 0.29) is 5.41 Å². The number of aryl methyl sites for hydroxylation is 1. The Labute approximate surface area is 140 Å². The second-order valence-electron chi connectivity index (χ2n) is 6.68. The minimum Gasteiger partial charge on any atom is -0.164 e. The maximum Gasteiger partial charge on any atom is 0.218 e. The van der Waals surface area contributed by atoms with Gasteiger partial charge >= 0.3 is 0 Å². The SMILES string of the molecule is C=C1[n+]2ccc(CCCC)cc2-c2ccccc2C1(CC)CC. The highest BCUT2D eigenvalue weighted by atomic mass is 15.0. The Morgan fingerprint density at radius 2 is 1.78 bits per heavy atom. The Morgan fingerprint density at radius 1 is 1.04 bits per heavy atom. The standard InChI is InChI=1S/C22H28N/c1-5-8-11-18-14-15-23-17(4)22(6-2,7-3)20-13-10-9-12-19(20)21(23)16-18/h9-10,12-16H,4-8,11H2,1-3H3/q+1. The maximum absolute atomic E-state index is 4.50. The van der Waals surface area contributed by atoms with E-state index in [0.29, 0.717) is 0 Å². The van der Waals surface area contributed by atoms with Crippen molar-refractivity contribution in [2.24, 2.45) is 0 Å². The van der Waals surface area contributed by atoms with Gasteiger partial charge in [0.05, 0.1) is 11.0 Å². The Hall–Kier alpha value is -1.89. The summed E-state index contributed by atoms with van der Waals surface area (Å²) in [5, 5.41) is 0. The molecule has 0 saturated carbocycles. The molecule has 1 nitrogen and oxygen atoms in total. The molecular weight excluding hydrogens is 278 g/mol. The van der Waals surface area contributed by atoms with E-state index in [0.717, 1.165) is 19.3 Å². The minimum atomic E-state index is 0.0548. The average molecular weight is 306 g/mol. The molecule has 1 aliphatic rings.